The predicted molar refractivity (Wildman–Crippen MR) is 121 cm³/mol. The van der Waals surface area contributed by atoms with Gasteiger partial charge in [-0.2, -0.15) is 0 Å². The van der Waals surface area contributed by atoms with Crippen LogP contribution in [0.5, 0.6) is 11.5 Å². The first kappa shape index (κ1) is 20.8. The van der Waals surface area contributed by atoms with Gasteiger partial charge >= 0.3 is 0 Å². The zero-order chi connectivity index (χ0) is 22.4. The molecule has 1 aromatic heterocycles. The molecule has 0 saturated heterocycles. The van der Waals surface area contributed by atoms with E-state index in [1.807, 2.05) is 11.0 Å². The van der Waals surface area contributed by atoms with E-state index in [-0.39, 0.29) is 22.0 Å². The molecule has 0 fully saturated rings. The number of nitrogens with zero attached hydrogens (tertiary/aromatic N) is 1. The normalized spacial score (nSPS) is 13.7. The molecule has 0 amide bonds. The smallest absolute Gasteiger partial charge is 0.235 e. The van der Waals surface area contributed by atoms with Crippen molar-refractivity contribution in [1.29, 1.82) is 0 Å². The van der Waals surface area contributed by atoms with E-state index in [0.29, 0.717) is 47.3 Å². The summed E-state index contributed by atoms with van der Waals surface area (Å²) in [6.07, 6.45) is 0. The quantitative estimate of drug-likeness (QED) is 0.399. The maximum absolute atomic E-state index is 13.6. The van der Waals surface area contributed by atoms with Crippen molar-refractivity contribution >= 4 is 34.2 Å². The maximum Gasteiger partial charge on any atom is 0.235 e. The number of benzene rings is 3. The lowest BCUT2D eigenvalue weighted by Crippen LogP contribution is -2.31. The van der Waals surface area contributed by atoms with Crippen LogP contribution in [0.1, 0.15) is 11.1 Å². The Morgan fingerprint density at radius 3 is 2.69 bits per heavy atom. The Balaban J connectivity index is 1.60. The summed E-state index contributed by atoms with van der Waals surface area (Å²) in [5.41, 5.74) is 1.64. The van der Waals surface area contributed by atoms with E-state index >= 15 is 0 Å². The minimum absolute atomic E-state index is 0.00304. The van der Waals surface area contributed by atoms with Crippen molar-refractivity contribution in [2.45, 2.75) is 13.1 Å². The summed E-state index contributed by atoms with van der Waals surface area (Å²) in [6, 6.07) is 14.3. The summed E-state index contributed by atoms with van der Waals surface area (Å²) in [7, 11) is 0. The highest BCUT2D eigenvalue weighted by Gasteiger charge is 2.25. The van der Waals surface area contributed by atoms with Crippen molar-refractivity contribution in [2.24, 2.45) is 0 Å². The Labute approximate surface area is 192 Å². The molecule has 0 atom stereocenters. The van der Waals surface area contributed by atoms with Crippen LogP contribution in [0, 0.1) is 5.82 Å². The van der Waals surface area contributed by atoms with Crippen LogP contribution >= 0.6 is 23.2 Å². The van der Waals surface area contributed by atoms with Crippen LogP contribution in [0.15, 0.2) is 63.8 Å². The van der Waals surface area contributed by atoms with Crippen molar-refractivity contribution in [3.05, 3.63) is 91.8 Å². The molecule has 32 heavy (non-hydrogen) atoms. The molecule has 4 aromatic rings. The molecule has 5 nitrogen and oxygen atoms in total. The second-order valence-corrected chi connectivity index (χ2v) is 8.36. The molecule has 0 radical (unpaired) electrons. The monoisotopic (exact) mass is 471 g/mol. The van der Waals surface area contributed by atoms with Crippen LogP contribution in [0.2, 0.25) is 10.0 Å². The van der Waals surface area contributed by atoms with Crippen LogP contribution in [0.25, 0.3) is 22.3 Å². The summed E-state index contributed by atoms with van der Waals surface area (Å²) in [5, 5.41) is 11.4. The Morgan fingerprint density at radius 1 is 1.06 bits per heavy atom. The number of fused-ring (bicyclic) bond motifs is 3. The average molecular weight is 472 g/mol. The van der Waals surface area contributed by atoms with Crippen LogP contribution in [0.3, 0.4) is 0 Å². The van der Waals surface area contributed by atoms with Gasteiger partial charge in [0.05, 0.1) is 21.0 Å². The number of rotatable bonds is 3. The molecule has 0 spiro atoms. The highest BCUT2D eigenvalue weighted by Crippen LogP contribution is 2.38. The zero-order valence-corrected chi connectivity index (χ0v) is 18.1. The average Bonchev–Trinajstić information content (AvgIpc) is 2.78. The maximum atomic E-state index is 13.6. The SMILES string of the molecule is O=c1c(O)c(-c2ccc(Cl)c(Cl)c2)oc2c3c(ccc12)OCN(Cc1cccc(F)c1)C3. The van der Waals surface area contributed by atoms with Crippen molar-refractivity contribution < 1.29 is 18.7 Å². The molecule has 5 rings (SSSR count). The van der Waals surface area contributed by atoms with Crippen LogP contribution < -0.4 is 10.2 Å². The molecule has 0 saturated carbocycles. The molecule has 2 heterocycles. The van der Waals surface area contributed by atoms with E-state index in [0.717, 1.165) is 5.56 Å². The molecule has 3 aromatic carbocycles. The third kappa shape index (κ3) is 3.71. The molecule has 1 N–H and O–H groups in total. The highest BCUT2D eigenvalue weighted by molar-refractivity contribution is 6.42. The molecule has 1 aliphatic rings. The fourth-order valence-electron chi connectivity index (χ4n) is 3.83. The number of aromatic hydroxyl groups is 1. The lowest BCUT2D eigenvalue weighted by Gasteiger charge is -2.29. The molecule has 0 unspecified atom stereocenters. The van der Waals surface area contributed by atoms with E-state index < -0.39 is 11.2 Å². The third-order valence-electron chi connectivity index (χ3n) is 5.36. The van der Waals surface area contributed by atoms with Gasteiger partial charge in [0.1, 0.15) is 23.9 Å². The Kier molecular flexibility index (Phi) is 5.29. The zero-order valence-electron chi connectivity index (χ0n) is 16.6. The fourth-order valence-corrected chi connectivity index (χ4v) is 4.13. The third-order valence-corrected chi connectivity index (χ3v) is 6.10. The van der Waals surface area contributed by atoms with E-state index in [1.165, 1.54) is 18.2 Å². The first-order valence-electron chi connectivity index (χ1n) is 9.77. The van der Waals surface area contributed by atoms with Crippen molar-refractivity contribution in [3.63, 3.8) is 0 Å². The summed E-state index contributed by atoms with van der Waals surface area (Å²) in [4.78, 5) is 14.9. The second kappa shape index (κ2) is 8.13. The first-order valence-corrected chi connectivity index (χ1v) is 10.5. The van der Waals surface area contributed by atoms with Gasteiger partial charge in [0.2, 0.25) is 11.2 Å². The van der Waals surface area contributed by atoms with Gasteiger partial charge in [-0.1, -0.05) is 35.3 Å². The number of halogens is 3. The molecule has 0 bridgehead atoms. The van der Waals surface area contributed by atoms with E-state index in [2.05, 4.69) is 0 Å². The Morgan fingerprint density at radius 2 is 1.91 bits per heavy atom. The van der Waals surface area contributed by atoms with Crippen LogP contribution in [0.4, 0.5) is 4.39 Å². The standard InChI is InChI=1S/C24H16Cl2FNO4/c25-18-6-4-14(9-19(18)26)23-22(30)21(29)16-5-7-20-17(24(16)32-23)11-28(12-31-20)10-13-2-1-3-15(27)8-13/h1-9,30H,10-12H2. The van der Waals surface area contributed by atoms with Crippen molar-refractivity contribution in [3.8, 4) is 22.8 Å². The minimum atomic E-state index is -0.558. The molecule has 8 heteroatoms. The second-order valence-electron chi connectivity index (χ2n) is 7.55. The van der Waals surface area contributed by atoms with Gasteiger partial charge in [0.15, 0.2) is 5.76 Å². The minimum Gasteiger partial charge on any atom is -0.502 e. The molecule has 162 valence electrons. The van der Waals surface area contributed by atoms with Gasteiger partial charge < -0.3 is 14.3 Å². The van der Waals surface area contributed by atoms with Gasteiger partial charge in [0, 0.05) is 18.7 Å². The van der Waals surface area contributed by atoms with Gasteiger partial charge in [-0.25, -0.2) is 4.39 Å². The number of hydrogen-bond donors (Lipinski definition) is 1. The lowest BCUT2D eigenvalue weighted by atomic mass is 10.0. The summed E-state index contributed by atoms with van der Waals surface area (Å²) < 4.78 is 25.5. The summed E-state index contributed by atoms with van der Waals surface area (Å²) in [5.74, 6) is -0.234. The van der Waals surface area contributed by atoms with E-state index in [4.69, 9.17) is 32.4 Å². The van der Waals surface area contributed by atoms with Crippen molar-refractivity contribution in [2.75, 3.05) is 6.73 Å². The van der Waals surface area contributed by atoms with E-state index in [9.17, 15) is 14.3 Å². The van der Waals surface area contributed by atoms with Gasteiger partial charge in [-0.3, -0.25) is 9.69 Å². The summed E-state index contributed by atoms with van der Waals surface area (Å²) >= 11 is 12.1. The lowest BCUT2D eigenvalue weighted by molar-refractivity contribution is 0.0889. The summed E-state index contributed by atoms with van der Waals surface area (Å²) in [6.45, 7) is 1.17. The molecular weight excluding hydrogens is 456 g/mol. The van der Waals surface area contributed by atoms with Gasteiger partial charge in [-0.05, 0) is 48.0 Å². The largest absolute Gasteiger partial charge is 0.502 e. The molecule has 0 aliphatic carbocycles. The van der Waals surface area contributed by atoms with Crippen LogP contribution in [-0.4, -0.2) is 16.7 Å². The topological polar surface area (TPSA) is 62.9 Å². The van der Waals surface area contributed by atoms with Crippen LogP contribution in [-0.2, 0) is 13.1 Å². The first-order chi connectivity index (χ1) is 15.4. The predicted octanol–water partition coefficient (Wildman–Crippen LogP) is 5.96. The van der Waals surface area contributed by atoms with Crippen molar-refractivity contribution in [1.82, 2.24) is 4.90 Å². The highest BCUT2D eigenvalue weighted by atomic mass is 35.5. The van der Waals surface area contributed by atoms with Gasteiger partial charge in [0.25, 0.3) is 0 Å². The molecular formula is C24H16Cl2FNO4. The van der Waals surface area contributed by atoms with Gasteiger partial charge in [-0.15, -0.1) is 0 Å². The fraction of sp³-hybridized carbons (Fsp3) is 0.125. The Hall–Kier alpha value is -3.06. The Bertz CT molecular complexity index is 1420. The number of ether oxygens (including phenoxy) is 1. The molecule has 1 aliphatic heterocycles. The number of hydrogen-bond acceptors (Lipinski definition) is 5. The van der Waals surface area contributed by atoms with E-state index in [1.54, 1.807) is 30.3 Å².